The monoisotopic (exact) mass is 1120 g/mol. The number of ether oxygens (including phenoxy) is 2. The van der Waals surface area contributed by atoms with Gasteiger partial charge in [0.1, 0.15) is 29.2 Å². The fourth-order valence-corrected chi connectivity index (χ4v) is 24.5. The molecule has 2 nitrogen and oxygen atoms in total. The number of hydrogen-bond donors (Lipinski definition) is 0. The Morgan fingerprint density at radius 3 is 0.786 bits per heavy atom. The van der Waals surface area contributed by atoms with Crippen molar-refractivity contribution in [3.8, 4) is 0 Å². The van der Waals surface area contributed by atoms with Crippen molar-refractivity contribution in [1.82, 2.24) is 0 Å². The van der Waals surface area contributed by atoms with Crippen molar-refractivity contribution in [3.63, 3.8) is 0 Å². The van der Waals surface area contributed by atoms with Crippen molar-refractivity contribution < 1.29 is 9.47 Å². The standard InChI is InChI=1S/2C12H8Cl6O.C12H8Cl6/c2*13-8-9(14)11(16)5-3-1-2(6-7(3)19-6)4(5)10(8,15)12(11,17)18;13-8-9(14)11(16)7-5-2-1-4(3-5)6(7)10(8,15)12(11,17)18/h2*2-7H,1H2;1-2,4-7H,3H2/t;;4-,5+,6+,7-,10+,11-. The Kier molecular flexibility index (Phi) is 8.61. The molecule has 0 N–H and O–H groups in total. The van der Waals surface area contributed by atoms with Crippen LogP contribution in [0.3, 0.4) is 0 Å². The first-order valence-corrected chi connectivity index (χ1v) is 25.1. The number of fused-ring (bicyclic) bond motifs is 33. The highest BCUT2D eigenvalue weighted by molar-refractivity contribution is 6.68. The summed E-state index contributed by atoms with van der Waals surface area (Å²) in [5.41, 5.74) is 0. The van der Waals surface area contributed by atoms with Gasteiger partial charge in [-0.3, -0.25) is 0 Å². The minimum atomic E-state index is -1.37. The highest BCUT2D eigenvalue weighted by Gasteiger charge is 2.91. The summed E-state index contributed by atoms with van der Waals surface area (Å²) in [6, 6.07) is 0. The van der Waals surface area contributed by atoms with Crippen LogP contribution in [0, 0.1) is 71.0 Å². The second-order valence-corrected chi connectivity index (χ2v) is 28.1. The van der Waals surface area contributed by atoms with Gasteiger partial charge >= 0.3 is 0 Å². The van der Waals surface area contributed by atoms with E-state index in [1.165, 1.54) is 0 Å². The summed E-state index contributed by atoms with van der Waals surface area (Å²) in [5, 5.41) is 1.94. The van der Waals surface area contributed by atoms with E-state index in [0.717, 1.165) is 19.3 Å². The molecule has 2 saturated heterocycles. The average Bonchev–Trinajstić information content (AvgIpc) is 3.46. The first-order chi connectivity index (χ1) is 25.8. The van der Waals surface area contributed by atoms with E-state index in [4.69, 9.17) is 218 Å². The van der Waals surface area contributed by atoms with Crippen molar-refractivity contribution in [1.29, 1.82) is 0 Å². The van der Waals surface area contributed by atoms with Gasteiger partial charge in [-0.25, -0.2) is 0 Å². The molecule has 56 heavy (non-hydrogen) atoms. The summed E-state index contributed by atoms with van der Waals surface area (Å²) >= 11 is 118. The lowest BCUT2D eigenvalue weighted by Gasteiger charge is -2.38. The van der Waals surface area contributed by atoms with Gasteiger partial charge in [0.15, 0.2) is 13.0 Å². The largest absolute Gasteiger partial charge is 0.369 e. The molecule has 0 amide bonds. The molecule has 0 radical (unpaired) electrons. The number of hydrogen-bond acceptors (Lipinski definition) is 2. The van der Waals surface area contributed by atoms with Crippen LogP contribution in [0.25, 0.3) is 0 Å². The summed E-state index contributed by atoms with van der Waals surface area (Å²) in [6.45, 7) is 0. The molecule has 12 bridgehead atoms. The maximum absolute atomic E-state index is 6.82. The fourth-order valence-electron chi connectivity index (χ4n) is 15.1. The molecule has 306 valence electrons. The molecule has 0 spiro atoms. The summed E-state index contributed by atoms with van der Waals surface area (Å²) in [7, 11) is 0. The van der Waals surface area contributed by atoms with Crippen molar-refractivity contribution in [2.75, 3.05) is 0 Å². The molecule has 12 aliphatic carbocycles. The summed E-state index contributed by atoms with van der Waals surface area (Å²) < 4.78 is 7.33. The third kappa shape index (κ3) is 3.81. The molecule has 2 aliphatic heterocycles. The van der Waals surface area contributed by atoms with Gasteiger partial charge in [0, 0.05) is 0 Å². The Bertz CT molecular complexity index is 1880. The maximum atomic E-state index is 6.82. The zero-order valence-electron chi connectivity index (χ0n) is 27.6. The van der Waals surface area contributed by atoms with E-state index in [9.17, 15) is 0 Å². The van der Waals surface area contributed by atoms with Gasteiger partial charge in [-0.1, -0.05) is 151 Å². The lowest BCUT2D eigenvalue weighted by Crippen LogP contribution is -2.46. The quantitative estimate of drug-likeness (QED) is 0.105. The van der Waals surface area contributed by atoms with Gasteiger partial charge in [0.05, 0.1) is 54.6 Å². The zero-order valence-corrected chi connectivity index (χ0v) is 41.2. The summed E-state index contributed by atoms with van der Waals surface area (Å²) in [5.74, 6) is 2.37. The molecule has 14 aliphatic rings. The molecule has 0 aromatic heterocycles. The fraction of sp³-hybridized carbons (Fsp3) is 0.778. The van der Waals surface area contributed by atoms with Crippen molar-refractivity contribution >= 4 is 209 Å². The molecule has 14 rings (SSSR count). The summed E-state index contributed by atoms with van der Waals surface area (Å²) in [6.07, 6.45) is 8.66. The van der Waals surface area contributed by atoms with Crippen LogP contribution in [0.5, 0.6) is 0 Å². The molecule has 16 unspecified atom stereocenters. The number of rotatable bonds is 0. The van der Waals surface area contributed by atoms with Crippen LogP contribution >= 0.6 is 209 Å². The van der Waals surface area contributed by atoms with Gasteiger partial charge < -0.3 is 9.47 Å². The molecular weight excluding hydrogens is 1100 g/mol. The Hall–Kier alpha value is 4.10. The molecule has 2 heterocycles. The highest BCUT2D eigenvalue weighted by atomic mass is 35.5. The lowest BCUT2D eigenvalue weighted by molar-refractivity contribution is 0.237. The van der Waals surface area contributed by atoms with Gasteiger partial charge in [-0.05, 0) is 90.3 Å². The third-order valence-electron chi connectivity index (χ3n) is 17.0. The number of halogens is 18. The van der Waals surface area contributed by atoms with Crippen LogP contribution < -0.4 is 0 Å². The molecule has 22 atom stereocenters. The topological polar surface area (TPSA) is 25.1 Å². The Morgan fingerprint density at radius 1 is 0.339 bits per heavy atom. The predicted molar refractivity (Wildman–Crippen MR) is 233 cm³/mol. The molecule has 0 aromatic rings. The molecule has 0 aromatic carbocycles. The van der Waals surface area contributed by atoms with Crippen LogP contribution in [0.2, 0.25) is 0 Å². The van der Waals surface area contributed by atoms with Crippen LogP contribution in [-0.4, -0.2) is 66.7 Å². The minimum absolute atomic E-state index is 0.0467. The maximum Gasteiger partial charge on any atom is 0.166 e. The van der Waals surface area contributed by atoms with Gasteiger partial charge in [0.2, 0.25) is 0 Å². The number of alkyl halides is 12. The molecule has 20 heteroatoms. The smallest absolute Gasteiger partial charge is 0.166 e. The van der Waals surface area contributed by atoms with Crippen molar-refractivity contribution in [2.24, 2.45) is 71.0 Å². The van der Waals surface area contributed by atoms with E-state index in [1.54, 1.807) is 0 Å². The second kappa shape index (κ2) is 11.6. The van der Waals surface area contributed by atoms with E-state index in [0.29, 0.717) is 65.7 Å². The van der Waals surface area contributed by atoms with E-state index < -0.39 is 42.2 Å². The Balaban J connectivity index is 0.0000000926. The second-order valence-electron chi connectivity index (χ2n) is 18.2. The van der Waals surface area contributed by atoms with Gasteiger partial charge in [-0.15, -0.1) is 69.6 Å². The number of epoxide rings is 2. The van der Waals surface area contributed by atoms with Gasteiger partial charge in [0.25, 0.3) is 0 Å². The van der Waals surface area contributed by atoms with Crippen LogP contribution in [0.15, 0.2) is 42.3 Å². The van der Waals surface area contributed by atoms with Gasteiger partial charge in [-0.2, -0.15) is 0 Å². The van der Waals surface area contributed by atoms with E-state index in [-0.39, 0.29) is 59.9 Å². The van der Waals surface area contributed by atoms with Crippen molar-refractivity contribution in [2.45, 2.75) is 85.9 Å². The van der Waals surface area contributed by atoms with Crippen LogP contribution in [0.1, 0.15) is 19.3 Å². The van der Waals surface area contributed by atoms with Crippen LogP contribution in [0.4, 0.5) is 0 Å². The average molecular weight is 1130 g/mol. The van der Waals surface area contributed by atoms with E-state index in [1.807, 2.05) is 0 Å². The highest BCUT2D eigenvalue weighted by Crippen LogP contribution is 2.86. The first-order valence-electron chi connectivity index (χ1n) is 18.3. The lowest BCUT2D eigenvalue weighted by atomic mass is 9.73. The predicted octanol–water partition coefficient (Wildman–Crippen LogP) is 14.2. The van der Waals surface area contributed by atoms with Crippen LogP contribution in [-0.2, 0) is 9.47 Å². The molecule has 8 saturated carbocycles. The van der Waals surface area contributed by atoms with Crippen molar-refractivity contribution in [3.05, 3.63) is 42.3 Å². The third-order valence-corrected chi connectivity index (χ3v) is 29.8. The molecular formula is C36H24Cl18O2. The summed E-state index contributed by atoms with van der Waals surface area (Å²) in [4.78, 5) is -6.47. The van der Waals surface area contributed by atoms with E-state index >= 15 is 0 Å². The Labute approximate surface area is 412 Å². The molecule has 10 fully saturated rings. The SMILES string of the molecule is ClC1=C(Cl)C2(Cl)C3C4CC(C5OC45)C3C1(Cl)C2(Cl)Cl.ClC1=C(Cl)C2(Cl)C3C4CC(C5OC45)C3C1(Cl)C2(Cl)Cl.ClC1=C(Cl)[C@]2(Cl)[C@H]3[C@H]([C@@H]4C=C[C@H]3C4)[C@@]1(Cl)C2(Cl)Cl. The first kappa shape index (κ1) is 41.5. The normalized spacial score (nSPS) is 64.1. The minimum Gasteiger partial charge on any atom is -0.369 e. The zero-order chi connectivity index (χ0) is 40.2. The Morgan fingerprint density at radius 2 is 0.554 bits per heavy atom. The van der Waals surface area contributed by atoms with E-state index in [2.05, 4.69) is 12.2 Å². The number of allylic oxidation sites excluding steroid dienone is 8.